The van der Waals surface area contributed by atoms with Crippen molar-refractivity contribution >= 4 is 45.3 Å². The van der Waals surface area contributed by atoms with Crippen LogP contribution in [0.2, 0.25) is 0 Å². The number of hydrogen-bond donors (Lipinski definition) is 3. The van der Waals surface area contributed by atoms with Crippen LogP contribution in [0.25, 0.3) is 6.08 Å². The van der Waals surface area contributed by atoms with Crippen LogP contribution in [-0.2, 0) is 29.1 Å². The first-order valence-corrected chi connectivity index (χ1v) is 11.2. The van der Waals surface area contributed by atoms with E-state index in [1.807, 2.05) is 19.1 Å². The third-order valence-electron chi connectivity index (χ3n) is 4.08. The highest BCUT2D eigenvalue weighted by Crippen LogP contribution is 2.14. The van der Waals surface area contributed by atoms with E-state index in [0.717, 1.165) is 11.0 Å². The first kappa shape index (κ1) is 24.8. The number of carbonyl (C=O) groups is 3. The van der Waals surface area contributed by atoms with Crippen molar-refractivity contribution in [2.75, 3.05) is 17.2 Å². The molecule has 0 heterocycles. The van der Waals surface area contributed by atoms with Crippen molar-refractivity contribution in [3.05, 3.63) is 65.1 Å². The quantitative estimate of drug-likeness (QED) is 0.494. The minimum atomic E-state index is -3.86. The molecule has 0 unspecified atom stereocenters. The van der Waals surface area contributed by atoms with Gasteiger partial charge >= 0.3 is 5.97 Å². The maximum absolute atomic E-state index is 12.2. The van der Waals surface area contributed by atoms with Crippen LogP contribution in [0, 0.1) is 6.92 Å². The number of carbonyl (C=O) groups excluding carboxylic acids is 3. The molecule has 10 heteroatoms. The van der Waals surface area contributed by atoms with Gasteiger partial charge in [-0.05, 0) is 49.8 Å². The molecule has 2 aromatic carbocycles. The van der Waals surface area contributed by atoms with Gasteiger partial charge in [-0.25, -0.2) is 13.1 Å². The van der Waals surface area contributed by atoms with Crippen molar-refractivity contribution in [3.8, 4) is 0 Å². The lowest BCUT2D eigenvalue weighted by atomic mass is 10.2. The summed E-state index contributed by atoms with van der Waals surface area (Å²) in [6.45, 7) is 4.04. The van der Waals surface area contributed by atoms with Crippen LogP contribution < -0.4 is 15.4 Å². The van der Waals surface area contributed by atoms with Gasteiger partial charge in [0.15, 0.2) is 6.10 Å². The number of ether oxygens (including phenoxy) is 1. The first-order valence-electron chi connectivity index (χ1n) is 9.66. The van der Waals surface area contributed by atoms with Crippen LogP contribution in [0.1, 0.15) is 25.0 Å². The van der Waals surface area contributed by atoms with Gasteiger partial charge in [0.2, 0.25) is 15.9 Å². The molecule has 0 aliphatic carbocycles. The average molecular weight is 460 g/mol. The van der Waals surface area contributed by atoms with Crippen molar-refractivity contribution in [3.63, 3.8) is 0 Å². The molecular formula is C22H25N3O6S. The van der Waals surface area contributed by atoms with Crippen molar-refractivity contribution in [1.82, 2.24) is 4.72 Å². The lowest BCUT2D eigenvalue weighted by molar-refractivity contribution is -0.151. The van der Waals surface area contributed by atoms with E-state index in [4.69, 9.17) is 4.74 Å². The number of sulfonamides is 1. The highest BCUT2D eigenvalue weighted by Gasteiger charge is 2.19. The van der Waals surface area contributed by atoms with Gasteiger partial charge in [0.1, 0.15) is 6.54 Å². The molecule has 170 valence electrons. The molecule has 2 amide bonds. The zero-order chi connectivity index (χ0) is 23.7. The van der Waals surface area contributed by atoms with Crippen LogP contribution in [-0.4, -0.2) is 38.9 Å². The Morgan fingerprint density at radius 3 is 2.09 bits per heavy atom. The van der Waals surface area contributed by atoms with E-state index in [1.165, 1.54) is 19.9 Å². The number of benzene rings is 2. The zero-order valence-electron chi connectivity index (χ0n) is 17.9. The molecule has 0 saturated heterocycles. The lowest BCUT2D eigenvalue weighted by Crippen LogP contribution is -2.35. The van der Waals surface area contributed by atoms with Gasteiger partial charge < -0.3 is 15.4 Å². The van der Waals surface area contributed by atoms with E-state index < -0.39 is 34.5 Å². The van der Waals surface area contributed by atoms with E-state index in [2.05, 4.69) is 15.4 Å². The predicted molar refractivity (Wildman–Crippen MR) is 122 cm³/mol. The summed E-state index contributed by atoms with van der Waals surface area (Å²) in [5.41, 5.74) is 2.75. The number of nitrogens with one attached hydrogen (secondary N) is 3. The Balaban J connectivity index is 1.81. The summed E-state index contributed by atoms with van der Waals surface area (Å²) >= 11 is 0. The van der Waals surface area contributed by atoms with Gasteiger partial charge in [-0.15, -0.1) is 0 Å². The molecule has 0 aromatic heterocycles. The second-order valence-corrected chi connectivity index (χ2v) is 8.61. The highest BCUT2D eigenvalue weighted by molar-refractivity contribution is 7.92. The Hall–Kier alpha value is -3.50. The van der Waals surface area contributed by atoms with Crippen LogP contribution >= 0.6 is 0 Å². The summed E-state index contributed by atoms with van der Waals surface area (Å²) < 4.78 is 31.1. The first-order chi connectivity index (χ1) is 15.0. The summed E-state index contributed by atoms with van der Waals surface area (Å²) in [7, 11) is -3.86. The van der Waals surface area contributed by atoms with E-state index >= 15 is 0 Å². The normalized spacial score (nSPS) is 12.2. The molecule has 32 heavy (non-hydrogen) atoms. The minimum Gasteiger partial charge on any atom is -0.452 e. The molecule has 0 saturated carbocycles. The second-order valence-electron chi connectivity index (χ2n) is 6.96. The highest BCUT2D eigenvalue weighted by atomic mass is 32.2. The SMILES string of the molecule is CC(=O)Nc1ccc(NC(=O)[C@@H](C)OC(=O)CNS(=O)(=O)/C=C/c2ccc(C)cc2)cc1. The van der Waals surface area contributed by atoms with Crippen molar-refractivity contribution in [2.45, 2.75) is 26.9 Å². The molecule has 0 aliphatic rings. The number of rotatable bonds is 9. The number of anilines is 2. The molecule has 9 nitrogen and oxygen atoms in total. The van der Waals surface area contributed by atoms with Crippen LogP contribution in [0.3, 0.4) is 0 Å². The van der Waals surface area contributed by atoms with E-state index in [9.17, 15) is 22.8 Å². The zero-order valence-corrected chi connectivity index (χ0v) is 18.7. The third kappa shape index (κ3) is 8.70. The largest absolute Gasteiger partial charge is 0.452 e. The van der Waals surface area contributed by atoms with Crippen molar-refractivity contribution in [1.29, 1.82) is 0 Å². The van der Waals surface area contributed by atoms with Crippen LogP contribution in [0.5, 0.6) is 0 Å². The predicted octanol–water partition coefficient (Wildman–Crippen LogP) is 2.41. The summed E-state index contributed by atoms with van der Waals surface area (Å²) in [5, 5.41) is 6.11. The minimum absolute atomic E-state index is 0.219. The maximum Gasteiger partial charge on any atom is 0.321 e. The lowest BCUT2D eigenvalue weighted by Gasteiger charge is -2.14. The fourth-order valence-electron chi connectivity index (χ4n) is 2.43. The summed E-state index contributed by atoms with van der Waals surface area (Å²) in [4.78, 5) is 35.1. The monoisotopic (exact) mass is 459 g/mol. The fraction of sp³-hybridized carbons (Fsp3) is 0.227. The third-order valence-corrected chi connectivity index (χ3v) is 5.13. The topological polar surface area (TPSA) is 131 Å². The van der Waals surface area contributed by atoms with Gasteiger partial charge in [0.25, 0.3) is 5.91 Å². The Labute approximate surface area is 186 Å². The summed E-state index contributed by atoms with van der Waals surface area (Å²) in [5.74, 6) is -1.71. The molecule has 2 aromatic rings. The molecule has 0 aliphatic heterocycles. The molecular weight excluding hydrogens is 434 g/mol. The standard InChI is InChI=1S/C22H25N3O6S/c1-15-4-6-18(7-5-15)12-13-32(29,30)23-14-21(27)31-16(2)22(28)25-20-10-8-19(9-11-20)24-17(3)26/h4-13,16,23H,14H2,1-3H3,(H,24,26)(H,25,28)/b13-12+/t16-/m1/s1. The van der Waals surface area contributed by atoms with Gasteiger partial charge in [0, 0.05) is 23.7 Å². The smallest absolute Gasteiger partial charge is 0.321 e. The summed E-state index contributed by atoms with van der Waals surface area (Å²) in [6.07, 6.45) is 0.255. The molecule has 0 bridgehead atoms. The maximum atomic E-state index is 12.2. The van der Waals surface area contributed by atoms with Gasteiger partial charge in [-0.1, -0.05) is 29.8 Å². The van der Waals surface area contributed by atoms with Crippen LogP contribution in [0.15, 0.2) is 53.9 Å². The number of hydrogen-bond acceptors (Lipinski definition) is 6. The van der Waals surface area contributed by atoms with Gasteiger partial charge in [0.05, 0.1) is 0 Å². The molecule has 2 rings (SSSR count). The van der Waals surface area contributed by atoms with E-state index in [0.29, 0.717) is 16.9 Å². The van der Waals surface area contributed by atoms with E-state index in [1.54, 1.807) is 36.4 Å². The number of aryl methyl sites for hydroxylation is 1. The number of esters is 1. The Morgan fingerprint density at radius 1 is 0.969 bits per heavy atom. The Morgan fingerprint density at radius 2 is 1.53 bits per heavy atom. The molecule has 0 radical (unpaired) electrons. The van der Waals surface area contributed by atoms with Gasteiger partial charge in [-0.2, -0.15) is 0 Å². The fourth-order valence-corrected chi connectivity index (χ4v) is 3.18. The molecule has 0 fully saturated rings. The molecule has 0 spiro atoms. The summed E-state index contributed by atoms with van der Waals surface area (Å²) in [6, 6.07) is 13.6. The molecule has 1 atom stereocenters. The molecule has 3 N–H and O–H groups in total. The Bertz CT molecular complexity index is 1090. The second kappa shape index (κ2) is 11.2. The van der Waals surface area contributed by atoms with Crippen LogP contribution in [0.4, 0.5) is 11.4 Å². The van der Waals surface area contributed by atoms with Crippen molar-refractivity contribution < 1.29 is 27.5 Å². The number of amides is 2. The Kier molecular flexibility index (Phi) is 8.68. The van der Waals surface area contributed by atoms with E-state index in [-0.39, 0.29) is 5.91 Å². The van der Waals surface area contributed by atoms with Gasteiger partial charge in [-0.3, -0.25) is 14.4 Å². The average Bonchev–Trinajstić information content (AvgIpc) is 2.73. The van der Waals surface area contributed by atoms with Crippen molar-refractivity contribution in [2.24, 2.45) is 0 Å².